The van der Waals surface area contributed by atoms with E-state index in [1.54, 1.807) is 24.3 Å². The van der Waals surface area contributed by atoms with E-state index in [4.69, 9.17) is 9.15 Å². The predicted octanol–water partition coefficient (Wildman–Crippen LogP) is 4.54. The van der Waals surface area contributed by atoms with Crippen molar-refractivity contribution in [2.45, 2.75) is 9.92 Å². The van der Waals surface area contributed by atoms with Gasteiger partial charge in [0.2, 0.25) is 26.6 Å². The van der Waals surface area contributed by atoms with Gasteiger partial charge < -0.3 is 14.1 Å². The average molecular weight is 528 g/mol. The molecule has 0 bridgehead atoms. The second-order valence-electron chi connectivity index (χ2n) is 6.17. The molecule has 0 radical (unpaired) electrons. The maximum absolute atomic E-state index is 13.3. The van der Waals surface area contributed by atoms with Crippen LogP contribution in [0.25, 0.3) is 11.5 Å². The van der Waals surface area contributed by atoms with Gasteiger partial charge in [0.15, 0.2) is 0 Å². The van der Waals surface area contributed by atoms with Gasteiger partial charge in [-0.15, -0.1) is 0 Å². The Morgan fingerprint density at radius 3 is 2.32 bits per heavy atom. The van der Waals surface area contributed by atoms with E-state index >= 15 is 0 Å². The molecule has 28 heavy (non-hydrogen) atoms. The maximum Gasteiger partial charge on any atom is 0.236 e. The summed E-state index contributed by atoms with van der Waals surface area (Å²) in [6, 6.07) is 13.9. The first-order chi connectivity index (χ1) is 13.5. The number of oxazole rings is 1. The highest BCUT2D eigenvalue weighted by atomic mass is 79.9. The summed E-state index contributed by atoms with van der Waals surface area (Å²) < 4.78 is 39.6. The first kappa shape index (κ1) is 19.6. The SMILES string of the molecule is O=S(=O)(c1ccc(Br)cc1)c1nc(-c2ccccc2Br)oc1N1CCOCC1. The second-order valence-corrected chi connectivity index (χ2v) is 9.80. The summed E-state index contributed by atoms with van der Waals surface area (Å²) in [7, 11) is -3.86. The number of anilines is 1. The molecular formula is C19H16Br2N2O4S. The van der Waals surface area contributed by atoms with E-state index in [9.17, 15) is 8.42 Å². The van der Waals surface area contributed by atoms with Crippen molar-refractivity contribution in [1.29, 1.82) is 0 Å². The number of rotatable bonds is 4. The highest BCUT2D eigenvalue weighted by molar-refractivity contribution is 9.10. The van der Waals surface area contributed by atoms with Gasteiger partial charge in [0, 0.05) is 22.0 Å². The van der Waals surface area contributed by atoms with Gasteiger partial charge in [-0.25, -0.2) is 8.42 Å². The third-order valence-electron chi connectivity index (χ3n) is 4.36. The van der Waals surface area contributed by atoms with Crippen molar-refractivity contribution in [2.24, 2.45) is 0 Å². The van der Waals surface area contributed by atoms with E-state index in [1.807, 2.05) is 29.2 Å². The van der Waals surface area contributed by atoms with Crippen molar-refractivity contribution in [3.8, 4) is 11.5 Å². The number of hydrogen-bond acceptors (Lipinski definition) is 6. The smallest absolute Gasteiger partial charge is 0.236 e. The fourth-order valence-corrected chi connectivity index (χ4v) is 4.95. The van der Waals surface area contributed by atoms with Gasteiger partial charge in [0.1, 0.15) is 0 Å². The Hall–Kier alpha value is -1.68. The zero-order valence-electron chi connectivity index (χ0n) is 14.6. The van der Waals surface area contributed by atoms with E-state index in [0.29, 0.717) is 31.9 Å². The third-order valence-corrected chi connectivity index (χ3v) is 7.25. The Bertz CT molecular complexity index is 1090. The van der Waals surface area contributed by atoms with Crippen LogP contribution in [0.5, 0.6) is 0 Å². The highest BCUT2D eigenvalue weighted by Crippen LogP contribution is 2.37. The van der Waals surface area contributed by atoms with Crippen LogP contribution in [0, 0.1) is 0 Å². The minimum atomic E-state index is -3.86. The normalized spacial score (nSPS) is 15.0. The van der Waals surface area contributed by atoms with Gasteiger partial charge in [-0.3, -0.25) is 0 Å². The number of ether oxygens (including phenoxy) is 1. The maximum atomic E-state index is 13.3. The van der Waals surface area contributed by atoms with Crippen LogP contribution in [-0.2, 0) is 14.6 Å². The Labute approximate surface area is 179 Å². The summed E-state index contributed by atoms with van der Waals surface area (Å²) in [5.74, 6) is 0.502. The van der Waals surface area contributed by atoms with Crippen molar-refractivity contribution < 1.29 is 17.6 Å². The summed E-state index contributed by atoms with van der Waals surface area (Å²) in [6.45, 7) is 2.08. The zero-order chi connectivity index (χ0) is 19.7. The van der Waals surface area contributed by atoms with Crippen LogP contribution in [0.15, 0.2) is 71.8 Å². The van der Waals surface area contributed by atoms with E-state index in [1.165, 1.54) is 0 Å². The lowest BCUT2D eigenvalue weighted by Gasteiger charge is -2.26. The monoisotopic (exact) mass is 526 g/mol. The van der Waals surface area contributed by atoms with Gasteiger partial charge in [0.25, 0.3) is 0 Å². The summed E-state index contributed by atoms with van der Waals surface area (Å²) >= 11 is 6.81. The van der Waals surface area contributed by atoms with Crippen LogP contribution in [0.2, 0.25) is 0 Å². The predicted molar refractivity (Wildman–Crippen MR) is 112 cm³/mol. The molecule has 3 aromatic rings. The van der Waals surface area contributed by atoms with Gasteiger partial charge >= 0.3 is 0 Å². The van der Waals surface area contributed by atoms with Crippen molar-refractivity contribution in [1.82, 2.24) is 4.98 Å². The van der Waals surface area contributed by atoms with Crippen LogP contribution < -0.4 is 4.90 Å². The number of morpholine rings is 1. The Morgan fingerprint density at radius 1 is 0.964 bits per heavy atom. The number of sulfone groups is 1. The number of nitrogens with zero attached hydrogens (tertiary/aromatic N) is 2. The molecule has 1 aromatic heterocycles. The van der Waals surface area contributed by atoms with E-state index in [2.05, 4.69) is 36.8 Å². The molecule has 0 amide bonds. The molecule has 1 saturated heterocycles. The molecule has 9 heteroatoms. The first-order valence-corrected chi connectivity index (χ1v) is 11.6. The summed E-state index contributed by atoms with van der Waals surface area (Å²) in [5, 5.41) is -0.0810. The molecule has 2 heterocycles. The third kappa shape index (κ3) is 3.76. The summed E-state index contributed by atoms with van der Waals surface area (Å²) in [4.78, 5) is 6.44. The summed E-state index contributed by atoms with van der Waals surface area (Å²) in [6.07, 6.45) is 0. The van der Waals surface area contributed by atoms with Gasteiger partial charge in [-0.1, -0.05) is 28.1 Å². The highest BCUT2D eigenvalue weighted by Gasteiger charge is 2.32. The lowest BCUT2D eigenvalue weighted by Crippen LogP contribution is -2.36. The number of hydrogen-bond donors (Lipinski definition) is 0. The molecule has 2 aromatic carbocycles. The molecule has 0 N–H and O–H groups in total. The molecule has 1 aliphatic heterocycles. The lowest BCUT2D eigenvalue weighted by molar-refractivity contribution is 0.120. The number of aromatic nitrogens is 1. The van der Waals surface area contributed by atoms with Crippen LogP contribution in [-0.4, -0.2) is 39.7 Å². The molecule has 0 atom stereocenters. The van der Waals surface area contributed by atoms with Crippen LogP contribution in [0.3, 0.4) is 0 Å². The zero-order valence-corrected chi connectivity index (χ0v) is 18.6. The average Bonchev–Trinajstić information content (AvgIpc) is 3.15. The van der Waals surface area contributed by atoms with Gasteiger partial charge in [-0.05, 0) is 52.3 Å². The molecule has 0 saturated carbocycles. The number of benzene rings is 2. The molecule has 0 spiro atoms. The summed E-state index contributed by atoms with van der Waals surface area (Å²) in [5.41, 5.74) is 0.689. The molecule has 146 valence electrons. The second kappa shape index (κ2) is 7.98. The molecule has 0 aliphatic carbocycles. The molecule has 1 aliphatic rings. The van der Waals surface area contributed by atoms with Crippen LogP contribution in [0.4, 0.5) is 5.88 Å². The van der Waals surface area contributed by atoms with Gasteiger partial charge in [0.05, 0.1) is 23.7 Å². The molecule has 4 rings (SSSR count). The largest absolute Gasteiger partial charge is 0.419 e. The molecule has 6 nitrogen and oxygen atoms in total. The van der Waals surface area contributed by atoms with Crippen LogP contribution >= 0.6 is 31.9 Å². The standard InChI is InChI=1S/C19H16Br2N2O4S/c20-13-5-7-14(8-6-13)28(24,25)18-19(23-9-11-26-12-10-23)27-17(22-18)15-3-1-2-4-16(15)21/h1-8H,9-12H2. The van der Waals surface area contributed by atoms with Crippen molar-refractivity contribution in [3.05, 3.63) is 57.5 Å². The molecular weight excluding hydrogens is 512 g/mol. The van der Waals surface area contributed by atoms with E-state index < -0.39 is 9.84 Å². The number of halogens is 2. The Balaban J connectivity index is 1.87. The quantitative estimate of drug-likeness (QED) is 0.496. The molecule has 0 unspecified atom stereocenters. The van der Waals surface area contributed by atoms with E-state index in [0.717, 1.165) is 8.95 Å². The topological polar surface area (TPSA) is 72.6 Å². The Morgan fingerprint density at radius 2 is 1.64 bits per heavy atom. The minimum Gasteiger partial charge on any atom is -0.419 e. The van der Waals surface area contributed by atoms with Gasteiger partial charge in [-0.2, -0.15) is 4.98 Å². The van der Waals surface area contributed by atoms with Crippen molar-refractivity contribution in [3.63, 3.8) is 0 Å². The van der Waals surface area contributed by atoms with Crippen molar-refractivity contribution in [2.75, 3.05) is 31.2 Å². The fraction of sp³-hybridized carbons (Fsp3) is 0.211. The van der Waals surface area contributed by atoms with Crippen molar-refractivity contribution >= 4 is 47.6 Å². The van der Waals surface area contributed by atoms with E-state index in [-0.39, 0.29) is 21.7 Å². The van der Waals surface area contributed by atoms with Crippen LogP contribution in [0.1, 0.15) is 0 Å². The molecule has 1 fully saturated rings. The lowest BCUT2D eigenvalue weighted by atomic mass is 10.2. The minimum absolute atomic E-state index is 0.0810. The fourth-order valence-electron chi connectivity index (χ4n) is 2.91. The first-order valence-electron chi connectivity index (χ1n) is 8.56. The Kier molecular flexibility index (Phi) is 5.59.